The van der Waals surface area contributed by atoms with Crippen molar-refractivity contribution in [3.05, 3.63) is 21.1 Å². The minimum Gasteiger partial charge on any atom is -0.388 e. The van der Waals surface area contributed by atoms with Crippen LogP contribution in [0.25, 0.3) is 0 Å². The second-order valence-electron chi connectivity index (χ2n) is 5.05. The first-order chi connectivity index (χ1) is 8.90. The SMILES string of the molecule is CC(O)c1cc([N+](=O)[O-])c(N2CCN(C)C(C)C2)s1. The molecule has 6 nitrogen and oxygen atoms in total. The fourth-order valence-electron chi connectivity index (χ4n) is 2.19. The van der Waals surface area contributed by atoms with Gasteiger partial charge >= 0.3 is 5.69 Å². The minimum atomic E-state index is -0.665. The summed E-state index contributed by atoms with van der Waals surface area (Å²) in [6.45, 7) is 6.19. The molecule has 1 aromatic rings. The van der Waals surface area contributed by atoms with Crippen molar-refractivity contribution in [2.75, 3.05) is 31.6 Å². The zero-order valence-electron chi connectivity index (χ0n) is 11.4. The molecule has 1 fully saturated rings. The van der Waals surface area contributed by atoms with Crippen molar-refractivity contribution in [2.45, 2.75) is 26.0 Å². The lowest BCUT2D eigenvalue weighted by atomic mass is 10.2. The highest BCUT2D eigenvalue weighted by Crippen LogP contribution is 2.40. The van der Waals surface area contributed by atoms with Crippen LogP contribution >= 0.6 is 11.3 Å². The second-order valence-corrected chi connectivity index (χ2v) is 6.11. The van der Waals surface area contributed by atoms with Crippen molar-refractivity contribution >= 4 is 22.0 Å². The number of piperazine rings is 1. The first-order valence-electron chi connectivity index (χ1n) is 6.31. The molecule has 1 saturated heterocycles. The number of nitrogens with zero attached hydrogens (tertiary/aromatic N) is 3. The Morgan fingerprint density at radius 1 is 1.58 bits per heavy atom. The molecule has 0 bridgehead atoms. The van der Waals surface area contributed by atoms with Gasteiger partial charge < -0.3 is 14.9 Å². The third-order valence-electron chi connectivity index (χ3n) is 3.57. The molecule has 7 heteroatoms. The molecule has 0 saturated carbocycles. The first kappa shape index (κ1) is 14.2. The fourth-order valence-corrected chi connectivity index (χ4v) is 3.28. The summed E-state index contributed by atoms with van der Waals surface area (Å²) in [7, 11) is 2.06. The molecule has 0 spiro atoms. The normalized spacial score (nSPS) is 22.5. The summed E-state index contributed by atoms with van der Waals surface area (Å²) < 4.78 is 0. The molecule has 0 radical (unpaired) electrons. The highest BCUT2D eigenvalue weighted by Gasteiger charge is 2.29. The molecule has 19 heavy (non-hydrogen) atoms. The predicted octanol–water partition coefficient (Wildman–Crippen LogP) is 1.85. The molecule has 106 valence electrons. The predicted molar refractivity (Wildman–Crippen MR) is 75.9 cm³/mol. The van der Waals surface area contributed by atoms with Crippen molar-refractivity contribution in [3.63, 3.8) is 0 Å². The van der Waals surface area contributed by atoms with Crippen molar-refractivity contribution in [2.24, 2.45) is 0 Å². The highest BCUT2D eigenvalue weighted by molar-refractivity contribution is 7.16. The average molecular weight is 285 g/mol. The van der Waals surface area contributed by atoms with Gasteiger partial charge in [0.15, 0.2) is 5.00 Å². The van der Waals surface area contributed by atoms with E-state index in [9.17, 15) is 15.2 Å². The van der Waals surface area contributed by atoms with E-state index in [-0.39, 0.29) is 10.6 Å². The quantitative estimate of drug-likeness (QED) is 0.678. The van der Waals surface area contributed by atoms with E-state index >= 15 is 0 Å². The number of likely N-dealkylation sites (N-methyl/N-ethyl adjacent to an activating group) is 1. The van der Waals surface area contributed by atoms with Crippen LogP contribution in [0.1, 0.15) is 24.8 Å². The van der Waals surface area contributed by atoms with Gasteiger partial charge in [-0.15, -0.1) is 11.3 Å². The summed E-state index contributed by atoms with van der Waals surface area (Å²) in [5, 5.41) is 21.4. The fraction of sp³-hybridized carbons (Fsp3) is 0.667. The summed E-state index contributed by atoms with van der Waals surface area (Å²) in [4.78, 5) is 15.7. The van der Waals surface area contributed by atoms with Gasteiger partial charge in [-0.05, 0) is 20.9 Å². The summed E-state index contributed by atoms with van der Waals surface area (Å²) in [6, 6.07) is 1.86. The molecule has 2 heterocycles. The smallest absolute Gasteiger partial charge is 0.304 e. The molecule has 0 aromatic carbocycles. The number of hydrogen-bond donors (Lipinski definition) is 1. The average Bonchev–Trinajstić information content (AvgIpc) is 2.78. The summed E-state index contributed by atoms with van der Waals surface area (Å²) in [5.41, 5.74) is 0.109. The van der Waals surface area contributed by atoms with Crippen LogP contribution in [0.5, 0.6) is 0 Å². The van der Waals surface area contributed by atoms with Gasteiger partial charge in [0, 0.05) is 36.6 Å². The van der Waals surface area contributed by atoms with Gasteiger partial charge in [-0.2, -0.15) is 0 Å². The summed E-state index contributed by atoms with van der Waals surface area (Å²) >= 11 is 1.32. The van der Waals surface area contributed by atoms with Gasteiger partial charge in [-0.3, -0.25) is 10.1 Å². The van der Waals surface area contributed by atoms with E-state index in [0.717, 1.165) is 19.6 Å². The molecule has 1 aromatic heterocycles. The molecule has 1 aliphatic rings. The zero-order chi connectivity index (χ0) is 14.2. The van der Waals surface area contributed by atoms with Gasteiger partial charge in [-0.1, -0.05) is 0 Å². The van der Waals surface area contributed by atoms with Crippen molar-refractivity contribution in [1.82, 2.24) is 4.90 Å². The molecule has 1 N–H and O–H groups in total. The molecule has 2 atom stereocenters. The van der Waals surface area contributed by atoms with E-state index < -0.39 is 6.10 Å². The molecule has 0 aliphatic carbocycles. The van der Waals surface area contributed by atoms with Crippen LogP contribution in [0.3, 0.4) is 0 Å². The Hall–Kier alpha value is -1.18. The van der Waals surface area contributed by atoms with Crippen LogP contribution in [0.2, 0.25) is 0 Å². The molecule has 2 unspecified atom stereocenters. The van der Waals surface area contributed by atoms with Crippen LogP contribution in [0.15, 0.2) is 6.07 Å². The van der Waals surface area contributed by atoms with E-state index in [2.05, 4.69) is 23.8 Å². The van der Waals surface area contributed by atoms with E-state index in [0.29, 0.717) is 15.9 Å². The van der Waals surface area contributed by atoms with Crippen LogP contribution < -0.4 is 4.90 Å². The topological polar surface area (TPSA) is 69.8 Å². The Kier molecular flexibility index (Phi) is 4.07. The molecule has 0 amide bonds. The van der Waals surface area contributed by atoms with Gasteiger partial charge in [0.1, 0.15) is 0 Å². The lowest BCUT2D eigenvalue weighted by Gasteiger charge is -2.37. The lowest BCUT2D eigenvalue weighted by molar-refractivity contribution is -0.383. The third kappa shape index (κ3) is 2.88. The molecular formula is C12H19N3O3S. The van der Waals surface area contributed by atoms with Crippen LogP contribution in [-0.2, 0) is 0 Å². The third-order valence-corrected chi connectivity index (χ3v) is 4.92. The Bertz CT molecular complexity index is 475. The minimum absolute atomic E-state index is 0.109. The van der Waals surface area contributed by atoms with Crippen molar-refractivity contribution in [1.29, 1.82) is 0 Å². The molecule has 2 rings (SSSR count). The Morgan fingerprint density at radius 2 is 2.26 bits per heavy atom. The first-order valence-corrected chi connectivity index (χ1v) is 7.13. The number of anilines is 1. The van der Waals surface area contributed by atoms with E-state index in [1.165, 1.54) is 17.4 Å². The maximum absolute atomic E-state index is 11.1. The second kappa shape index (κ2) is 5.44. The van der Waals surface area contributed by atoms with E-state index in [1.54, 1.807) is 6.92 Å². The number of rotatable bonds is 3. The highest BCUT2D eigenvalue weighted by atomic mass is 32.1. The van der Waals surface area contributed by atoms with Crippen molar-refractivity contribution < 1.29 is 10.0 Å². The number of aliphatic hydroxyl groups is 1. The van der Waals surface area contributed by atoms with Crippen molar-refractivity contribution in [3.8, 4) is 0 Å². The maximum Gasteiger partial charge on any atom is 0.304 e. The number of thiophene rings is 1. The van der Waals surface area contributed by atoms with Crippen LogP contribution in [0.4, 0.5) is 10.7 Å². The molecule has 1 aliphatic heterocycles. The van der Waals surface area contributed by atoms with Gasteiger partial charge in [-0.25, -0.2) is 0 Å². The lowest BCUT2D eigenvalue weighted by Crippen LogP contribution is -2.50. The number of hydrogen-bond acceptors (Lipinski definition) is 6. The number of aliphatic hydroxyl groups excluding tert-OH is 1. The van der Waals surface area contributed by atoms with E-state index in [4.69, 9.17) is 0 Å². The number of nitro groups is 1. The zero-order valence-corrected chi connectivity index (χ0v) is 12.2. The Morgan fingerprint density at radius 3 is 2.79 bits per heavy atom. The van der Waals surface area contributed by atoms with Gasteiger partial charge in [0.25, 0.3) is 0 Å². The Balaban J connectivity index is 2.30. The van der Waals surface area contributed by atoms with Gasteiger partial charge in [0.05, 0.1) is 11.0 Å². The van der Waals surface area contributed by atoms with E-state index in [1.807, 2.05) is 0 Å². The van der Waals surface area contributed by atoms with Crippen LogP contribution in [0, 0.1) is 10.1 Å². The monoisotopic (exact) mass is 285 g/mol. The van der Waals surface area contributed by atoms with Gasteiger partial charge in [0.2, 0.25) is 0 Å². The molecular weight excluding hydrogens is 266 g/mol. The van der Waals surface area contributed by atoms with Crippen LogP contribution in [-0.4, -0.2) is 47.7 Å². The largest absolute Gasteiger partial charge is 0.388 e. The standard InChI is InChI=1S/C12H19N3O3S/c1-8-7-14(5-4-13(8)3)12-10(15(17)18)6-11(19-12)9(2)16/h6,8-9,16H,4-5,7H2,1-3H3. The summed E-state index contributed by atoms with van der Waals surface area (Å²) in [6.07, 6.45) is -0.665. The Labute approximate surface area is 116 Å². The summed E-state index contributed by atoms with van der Waals surface area (Å²) in [5.74, 6) is 0. The maximum atomic E-state index is 11.1.